The van der Waals surface area contributed by atoms with Crippen LogP contribution in [0.15, 0.2) is 36.5 Å². The van der Waals surface area contributed by atoms with Crippen LogP contribution in [-0.2, 0) is 11.8 Å². The quantitative estimate of drug-likeness (QED) is 0.862. The molecule has 7 nitrogen and oxygen atoms in total. The molecule has 2 aromatic rings. The number of hydrogen-bond acceptors (Lipinski definition) is 4. The van der Waals surface area contributed by atoms with Crippen molar-refractivity contribution in [3.63, 3.8) is 0 Å². The maximum Gasteiger partial charge on any atom is 0.272 e. The molecule has 0 saturated carbocycles. The SMILES string of the molecule is Cn1nccc1C(=O)N1CC[C@H](Oc2ccc(Cl)cc2)[C@@H](CC(N)=O)C1. The second-order valence-corrected chi connectivity index (χ2v) is 6.86. The minimum absolute atomic E-state index is 0.107. The molecule has 1 saturated heterocycles. The zero-order chi connectivity index (χ0) is 18.7. The molecule has 2 N–H and O–H groups in total. The minimum Gasteiger partial charge on any atom is -0.490 e. The van der Waals surface area contributed by atoms with Crippen molar-refractivity contribution in [2.45, 2.75) is 18.9 Å². The zero-order valence-electron chi connectivity index (χ0n) is 14.5. The molecule has 1 aliphatic heterocycles. The highest BCUT2D eigenvalue weighted by Crippen LogP contribution is 2.27. The summed E-state index contributed by atoms with van der Waals surface area (Å²) in [5.41, 5.74) is 5.92. The van der Waals surface area contributed by atoms with Crippen LogP contribution in [0.2, 0.25) is 5.02 Å². The Bertz CT molecular complexity index is 790. The van der Waals surface area contributed by atoms with Crippen LogP contribution in [0.25, 0.3) is 0 Å². The zero-order valence-corrected chi connectivity index (χ0v) is 15.2. The molecule has 26 heavy (non-hydrogen) atoms. The van der Waals surface area contributed by atoms with E-state index in [0.29, 0.717) is 36.0 Å². The lowest BCUT2D eigenvalue weighted by Gasteiger charge is -2.38. The predicted octanol–water partition coefficient (Wildman–Crippen LogP) is 1.86. The molecule has 0 spiro atoms. The van der Waals surface area contributed by atoms with Gasteiger partial charge in [0.25, 0.3) is 5.91 Å². The average molecular weight is 377 g/mol. The van der Waals surface area contributed by atoms with Crippen LogP contribution in [0, 0.1) is 5.92 Å². The lowest BCUT2D eigenvalue weighted by molar-refractivity contribution is -0.120. The summed E-state index contributed by atoms with van der Waals surface area (Å²) in [6, 6.07) is 8.76. The Labute approximate surface area is 156 Å². The van der Waals surface area contributed by atoms with Gasteiger partial charge in [-0.15, -0.1) is 0 Å². The Kier molecular flexibility index (Phi) is 5.46. The molecule has 1 aromatic heterocycles. The van der Waals surface area contributed by atoms with E-state index in [9.17, 15) is 9.59 Å². The maximum absolute atomic E-state index is 12.7. The Morgan fingerprint density at radius 2 is 2.04 bits per heavy atom. The summed E-state index contributed by atoms with van der Waals surface area (Å²) in [4.78, 5) is 25.9. The first kappa shape index (κ1) is 18.3. The summed E-state index contributed by atoms with van der Waals surface area (Å²) in [5.74, 6) is -0.00617. The van der Waals surface area contributed by atoms with E-state index in [1.807, 2.05) is 0 Å². The van der Waals surface area contributed by atoms with Gasteiger partial charge in [0.2, 0.25) is 5.91 Å². The standard InChI is InChI=1S/C18H21ClN4O3/c1-22-15(6-8-21-22)18(25)23-9-7-16(12(11-23)10-17(20)24)26-14-4-2-13(19)3-5-14/h2-6,8,12,16H,7,9-11H2,1H3,(H2,20,24)/t12-,16-/m0/s1. The van der Waals surface area contributed by atoms with Crippen molar-refractivity contribution in [3.05, 3.63) is 47.2 Å². The number of hydrogen-bond donors (Lipinski definition) is 1. The number of piperidine rings is 1. The highest BCUT2D eigenvalue weighted by molar-refractivity contribution is 6.30. The fourth-order valence-corrected chi connectivity index (χ4v) is 3.36. The number of amides is 2. The fraction of sp³-hybridized carbons (Fsp3) is 0.389. The molecular weight excluding hydrogens is 356 g/mol. The van der Waals surface area contributed by atoms with Gasteiger partial charge in [0.1, 0.15) is 17.5 Å². The van der Waals surface area contributed by atoms with Gasteiger partial charge >= 0.3 is 0 Å². The van der Waals surface area contributed by atoms with Crippen molar-refractivity contribution in [3.8, 4) is 5.75 Å². The highest BCUT2D eigenvalue weighted by atomic mass is 35.5. The molecule has 0 radical (unpaired) electrons. The molecule has 2 amide bonds. The fourth-order valence-electron chi connectivity index (χ4n) is 3.24. The third-order valence-electron chi connectivity index (χ3n) is 4.56. The Morgan fingerprint density at radius 1 is 1.31 bits per heavy atom. The van der Waals surface area contributed by atoms with E-state index in [-0.39, 0.29) is 24.3 Å². The first-order chi connectivity index (χ1) is 12.4. The van der Waals surface area contributed by atoms with Crippen molar-refractivity contribution in [1.29, 1.82) is 0 Å². The molecule has 0 bridgehead atoms. The number of benzene rings is 1. The van der Waals surface area contributed by atoms with Crippen molar-refractivity contribution in [2.24, 2.45) is 18.7 Å². The van der Waals surface area contributed by atoms with Crippen LogP contribution < -0.4 is 10.5 Å². The van der Waals surface area contributed by atoms with Crippen molar-refractivity contribution in [2.75, 3.05) is 13.1 Å². The topological polar surface area (TPSA) is 90.4 Å². The van der Waals surface area contributed by atoms with E-state index in [1.54, 1.807) is 53.2 Å². The van der Waals surface area contributed by atoms with E-state index in [1.165, 1.54) is 0 Å². The van der Waals surface area contributed by atoms with E-state index in [2.05, 4.69) is 5.10 Å². The first-order valence-corrected chi connectivity index (χ1v) is 8.79. The van der Waals surface area contributed by atoms with Crippen molar-refractivity contribution >= 4 is 23.4 Å². The molecular formula is C18H21ClN4O3. The minimum atomic E-state index is -0.408. The summed E-state index contributed by atoms with van der Waals surface area (Å²) in [7, 11) is 1.73. The van der Waals surface area contributed by atoms with Gasteiger partial charge in [0, 0.05) is 50.1 Å². The number of carbonyl (C=O) groups excluding carboxylic acids is 2. The second-order valence-electron chi connectivity index (χ2n) is 6.42. The molecule has 1 aliphatic rings. The van der Waals surface area contributed by atoms with Gasteiger partial charge < -0.3 is 15.4 Å². The second kappa shape index (κ2) is 7.78. The van der Waals surface area contributed by atoms with Gasteiger partial charge in [-0.05, 0) is 30.3 Å². The van der Waals surface area contributed by atoms with Gasteiger partial charge in [-0.2, -0.15) is 5.10 Å². The van der Waals surface area contributed by atoms with Gasteiger partial charge in [0.05, 0.1) is 0 Å². The highest BCUT2D eigenvalue weighted by Gasteiger charge is 2.34. The molecule has 1 fully saturated rings. The molecule has 0 unspecified atom stereocenters. The molecule has 8 heteroatoms. The van der Waals surface area contributed by atoms with Crippen LogP contribution in [0.5, 0.6) is 5.75 Å². The van der Waals surface area contributed by atoms with Crippen LogP contribution in [0.1, 0.15) is 23.3 Å². The molecule has 138 valence electrons. The lowest BCUT2D eigenvalue weighted by Crippen LogP contribution is -2.49. The Hall–Kier alpha value is -2.54. The number of rotatable bonds is 5. The summed E-state index contributed by atoms with van der Waals surface area (Å²) in [6.45, 7) is 0.947. The number of nitrogens with zero attached hydrogens (tertiary/aromatic N) is 3. The summed E-state index contributed by atoms with van der Waals surface area (Å²) < 4.78 is 7.59. The number of carbonyl (C=O) groups is 2. The lowest BCUT2D eigenvalue weighted by atomic mass is 9.91. The van der Waals surface area contributed by atoms with E-state index in [4.69, 9.17) is 22.1 Å². The van der Waals surface area contributed by atoms with Crippen molar-refractivity contribution < 1.29 is 14.3 Å². The molecule has 2 atom stereocenters. The average Bonchev–Trinajstić information content (AvgIpc) is 3.03. The summed E-state index contributed by atoms with van der Waals surface area (Å²) in [6.07, 6.45) is 2.17. The number of primary amides is 1. The molecule has 0 aliphatic carbocycles. The van der Waals surface area contributed by atoms with E-state index < -0.39 is 5.91 Å². The maximum atomic E-state index is 12.7. The van der Waals surface area contributed by atoms with Crippen LogP contribution in [0.4, 0.5) is 0 Å². The number of ether oxygens (including phenoxy) is 1. The first-order valence-electron chi connectivity index (χ1n) is 8.42. The van der Waals surface area contributed by atoms with Crippen LogP contribution >= 0.6 is 11.6 Å². The number of aromatic nitrogens is 2. The number of likely N-dealkylation sites (tertiary alicyclic amines) is 1. The van der Waals surface area contributed by atoms with E-state index in [0.717, 1.165) is 0 Å². The third-order valence-corrected chi connectivity index (χ3v) is 4.81. The molecule has 2 heterocycles. The van der Waals surface area contributed by atoms with Gasteiger partial charge in [-0.1, -0.05) is 11.6 Å². The number of aryl methyl sites for hydroxylation is 1. The molecule has 3 rings (SSSR count). The van der Waals surface area contributed by atoms with Crippen LogP contribution in [0.3, 0.4) is 0 Å². The van der Waals surface area contributed by atoms with E-state index >= 15 is 0 Å². The number of halogens is 1. The van der Waals surface area contributed by atoms with Gasteiger partial charge in [0.15, 0.2) is 0 Å². The Balaban J connectivity index is 1.72. The largest absolute Gasteiger partial charge is 0.490 e. The normalized spacial score (nSPS) is 20.0. The van der Waals surface area contributed by atoms with Gasteiger partial charge in [-0.25, -0.2) is 0 Å². The number of nitrogens with two attached hydrogens (primary N) is 1. The Morgan fingerprint density at radius 3 is 2.65 bits per heavy atom. The monoisotopic (exact) mass is 376 g/mol. The summed E-state index contributed by atoms with van der Waals surface area (Å²) >= 11 is 5.90. The predicted molar refractivity (Wildman–Crippen MR) is 96.9 cm³/mol. The third kappa shape index (κ3) is 4.16. The van der Waals surface area contributed by atoms with Gasteiger partial charge in [-0.3, -0.25) is 14.3 Å². The van der Waals surface area contributed by atoms with Crippen molar-refractivity contribution in [1.82, 2.24) is 14.7 Å². The summed E-state index contributed by atoms with van der Waals surface area (Å²) in [5, 5.41) is 4.66. The van der Waals surface area contributed by atoms with Crippen LogP contribution in [-0.4, -0.2) is 45.7 Å². The molecule has 1 aromatic carbocycles. The smallest absolute Gasteiger partial charge is 0.272 e.